The highest BCUT2D eigenvalue weighted by Gasteiger charge is 2.50. The van der Waals surface area contributed by atoms with Gasteiger partial charge in [0, 0.05) is 48.0 Å². The molecule has 0 bridgehead atoms. The number of ketones is 3. The summed E-state index contributed by atoms with van der Waals surface area (Å²) in [5.41, 5.74) is 8.68. The molecule has 2 aromatic carbocycles. The van der Waals surface area contributed by atoms with Crippen LogP contribution in [0, 0.1) is 0 Å². The highest BCUT2D eigenvalue weighted by Crippen LogP contribution is 2.52. The number of aliphatic hydroxyl groups excluding tert-OH is 1. The van der Waals surface area contributed by atoms with Crippen molar-refractivity contribution in [1.29, 1.82) is 0 Å². The van der Waals surface area contributed by atoms with Crippen LogP contribution in [0.25, 0.3) is 0 Å². The van der Waals surface area contributed by atoms with Crippen molar-refractivity contribution in [3.63, 3.8) is 0 Å². The monoisotopic (exact) mass is 542 g/mol. The third-order valence-electron chi connectivity index (χ3n) is 7.92. The molecule has 8 N–H and O–H groups in total. The number of carbonyl (C=O) groups excluding carboxylic acids is 3. The number of hydrogen-bond acceptors (Lipinski definition) is 12. The van der Waals surface area contributed by atoms with Crippen LogP contribution in [0.2, 0.25) is 0 Å². The van der Waals surface area contributed by atoms with E-state index in [1.54, 1.807) is 6.92 Å². The number of aromatic hydroxyl groups is 2. The minimum absolute atomic E-state index is 0.0401. The fourth-order valence-corrected chi connectivity index (χ4v) is 5.78. The Bertz CT molecular complexity index is 1380. The molecule has 1 aliphatic heterocycles. The Labute approximate surface area is 223 Å². The molecule has 0 aromatic heterocycles. The van der Waals surface area contributed by atoms with Crippen molar-refractivity contribution < 1.29 is 49.0 Å². The quantitative estimate of drug-likeness (QED) is 0.235. The Hall–Kier alpha value is -3.39. The molecular formula is C27H30N2O10. The Morgan fingerprint density at radius 2 is 1.82 bits per heavy atom. The van der Waals surface area contributed by atoms with Gasteiger partial charge in [-0.2, -0.15) is 0 Å². The lowest BCUT2D eigenvalue weighted by Gasteiger charge is -2.42. The van der Waals surface area contributed by atoms with Gasteiger partial charge in [0.15, 0.2) is 17.9 Å². The van der Waals surface area contributed by atoms with Crippen LogP contribution in [0.1, 0.15) is 68.8 Å². The van der Waals surface area contributed by atoms with E-state index >= 15 is 0 Å². The summed E-state index contributed by atoms with van der Waals surface area (Å²) < 4.78 is 17.2. The Kier molecular flexibility index (Phi) is 6.74. The van der Waals surface area contributed by atoms with Gasteiger partial charge in [0.1, 0.15) is 29.5 Å². The summed E-state index contributed by atoms with van der Waals surface area (Å²) in [6.45, 7) is 0.701. The minimum atomic E-state index is -2.22. The summed E-state index contributed by atoms with van der Waals surface area (Å²) >= 11 is 0. The lowest BCUT2D eigenvalue weighted by atomic mass is 9.72. The topological polar surface area (TPSA) is 212 Å². The van der Waals surface area contributed by atoms with Crippen molar-refractivity contribution in [2.24, 2.45) is 11.5 Å². The number of rotatable bonds is 5. The first-order valence-corrected chi connectivity index (χ1v) is 12.5. The van der Waals surface area contributed by atoms with Crippen molar-refractivity contribution in [1.82, 2.24) is 0 Å². The van der Waals surface area contributed by atoms with E-state index in [0.29, 0.717) is 0 Å². The van der Waals surface area contributed by atoms with Gasteiger partial charge in [0.2, 0.25) is 5.78 Å². The summed E-state index contributed by atoms with van der Waals surface area (Å²) in [4.78, 5) is 39.8. The normalized spacial score (nSPS) is 29.8. The maximum atomic E-state index is 13.7. The zero-order valence-corrected chi connectivity index (χ0v) is 21.3. The van der Waals surface area contributed by atoms with Crippen LogP contribution >= 0.6 is 0 Å². The molecule has 3 unspecified atom stereocenters. The lowest BCUT2D eigenvalue weighted by Crippen LogP contribution is -2.56. The molecule has 6 atom stereocenters. The molecule has 1 saturated heterocycles. The molecule has 3 aliphatic rings. The standard InChI is InChI=1S/C27H30N2O10/c1-10-22(29)13(28)6-17(38-10)39-15-8-27(36,16(31)9-30)7-12-19(15)26(35)21-20(24(12)33)23(32)11-4-3-5-14(37-2)18(11)25(21)34/h3-5,10,13,15,17,22,30,33,35-36H,6-9,28-29H2,1-2H3/t10?,13?,15?,17-,22-,27-/m0/s1. The van der Waals surface area contributed by atoms with Gasteiger partial charge >= 0.3 is 0 Å². The third-order valence-corrected chi connectivity index (χ3v) is 7.92. The van der Waals surface area contributed by atoms with Gasteiger partial charge in [-0.3, -0.25) is 14.4 Å². The predicted molar refractivity (Wildman–Crippen MR) is 134 cm³/mol. The summed E-state index contributed by atoms with van der Waals surface area (Å²) in [6, 6.07) is 3.41. The highest BCUT2D eigenvalue weighted by atomic mass is 16.7. The van der Waals surface area contributed by atoms with Gasteiger partial charge in [-0.05, 0) is 13.0 Å². The van der Waals surface area contributed by atoms with E-state index in [2.05, 4.69) is 0 Å². The van der Waals surface area contributed by atoms with Gasteiger partial charge in [-0.15, -0.1) is 0 Å². The largest absolute Gasteiger partial charge is 0.507 e. The number of phenols is 2. The lowest BCUT2D eigenvalue weighted by molar-refractivity contribution is -0.229. The van der Waals surface area contributed by atoms with Crippen LogP contribution in [0.3, 0.4) is 0 Å². The van der Waals surface area contributed by atoms with Crippen molar-refractivity contribution in [3.05, 3.63) is 51.6 Å². The molecule has 12 heteroatoms. The molecule has 0 spiro atoms. The number of nitrogens with two attached hydrogens (primary N) is 2. The van der Waals surface area contributed by atoms with Crippen molar-refractivity contribution >= 4 is 17.3 Å². The number of hydrogen-bond donors (Lipinski definition) is 6. The Morgan fingerprint density at radius 3 is 2.46 bits per heavy atom. The first-order chi connectivity index (χ1) is 18.4. The van der Waals surface area contributed by atoms with Crippen LogP contribution in [0.5, 0.6) is 17.2 Å². The van der Waals surface area contributed by atoms with Crippen LogP contribution in [0.4, 0.5) is 0 Å². The van der Waals surface area contributed by atoms with E-state index in [1.165, 1.54) is 25.3 Å². The first-order valence-electron chi connectivity index (χ1n) is 12.5. The SMILES string of the molecule is COc1cccc2c1C(=O)c1c(O)c3c(c(O)c1C2=O)C[C@@](O)(C(=O)CO)CC3O[C@H]1CC(N)[C@@H](N)C(C)O1. The smallest absolute Gasteiger partial charge is 0.202 e. The highest BCUT2D eigenvalue weighted by molar-refractivity contribution is 6.31. The number of phenolic OH excluding ortho intramolecular Hbond substituents is 2. The van der Waals surface area contributed by atoms with Crippen molar-refractivity contribution in [3.8, 4) is 17.2 Å². The average Bonchev–Trinajstić information content (AvgIpc) is 2.90. The second-order valence-corrected chi connectivity index (χ2v) is 10.2. The van der Waals surface area contributed by atoms with E-state index in [-0.39, 0.29) is 34.4 Å². The van der Waals surface area contributed by atoms with E-state index in [4.69, 9.17) is 25.7 Å². The fraction of sp³-hybridized carbons (Fsp3) is 0.444. The Balaban J connectivity index is 1.69. The fourth-order valence-electron chi connectivity index (χ4n) is 5.78. The zero-order chi connectivity index (χ0) is 28.4. The number of methoxy groups -OCH3 is 1. The molecule has 208 valence electrons. The van der Waals surface area contributed by atoms with E-state index < -0.39 is 95.6 Å². The zero-order valence-electron chi connectivity index (χ0n) is 21.3. The average molecular weight is 543 g/mol. The third kappa shape index (κ3) is 4.11. The molecule has 0 amide bonds. The van der Waals surface area contributed by atoms with Gasteiger partial charge in [-0.1, -0.05) is 12.1 Å². The molecule has 1 heterocycles. The maximum Gasteiger partial charge on any atom is 0.202 e. The van der Waals surface area contributed by atoms with E-state index in [0.717, 1.165) is 0 Å². The van der Waals surface area contributed by atoms with Crippen molar-refractivity contribution in [2.45, 2.75) is 62.4 Å². The molecular weight excluding hydrogens is 512 g/mol. The van der Waals surface area contributed by atoms with Gasteiger partial charge in [0.05, 0.1) is 36.0 Å². The number of carbonyl (C=O) groups is 3. The molecule has 0 radical (unpaired) electrons. The second-order valence-electron chi connectivity index (χ2n) is 10.2. The van der Waals surface area contributed by atoms with Gasteiger partial charge < -0.3 is 46.1 Å². The van der Waals surface area contributed by atoms with Crippen molar-refractivity contribution in [2.75, 3.05) is 13.7 Å². The summed E-state index contributed by atoms with van der Waals surface area (Å²) in [5, 5.41) is 43.6. The summed E-state index contributed by atoms with van der Waals surface area (Å²) in [7, 11) is 1.33. The summed E-state index contributed by atoms with van der Waals surface area (Å²) in [5.74, 6) is -3.67. The molecule has 39 heavy (non-hydrogen) atoms. The Morgan fingerprint density at radius 1 is 1.13 bits per heavy atom. The van der Waals surface area contributed by atoms with E-state index in [9.17, 15) is 34.8 Å². The van der Waals surface area contributed by atoms with Crippen LogP contribution in [-0.2, 0) is 20.7 Å². The predicted octanol–water partition coefficient (Wildman–Crippen LogP) is -0.0323. The van der Waals surface area contributed by atoms with Gasteiger partial charge in [0.25, 0.3) is 0 Å². The molecule has 0 saturated carbocycles. The van der Waals surface area contributed by atoms with Crippen LogP contribution < -0.4 is 16.2 Å². The number of Topliss-reactive ketones (excluding diaryl/α,β-unsaturated/α-hetero) is 1. The maximum absolute atomic E-state index is 13.7. The molecule has 5 rings (SSSR count). The number of ether oxygens (including phenoxy) is 3. The first kappa shape index (κ1) is 27.2. The van der Waals surface area contributed by atoms with Crippen LogP contribution in [-0.4, -0.2) is 81.6 Å². The minimum Gasteiger partial charge on any atom is -0.507 e. The second kappa shape index (κ2) is 9.66. The number of benzene rings is 2. The number of fused-ring (bicyclic) bond motifs is 3. The molecule has 1 fully saturated rings. The number of aliphatic hydroxyl groups is 2. The van der Waals surface area contributed by atoms with E-state index in [1.807, 2.05) is 0 Å². The van der Waals surface area contributed by atoms with Gasteiger partial charge in [-0.25, -0.2) is 0 Å². The summed E-state index contributed by atoms with van der Waals surface area (Å²) in [6.07, 6.45) is -3.63. The van der Waals surface area contributed by atoms with Crippen LogP contribution in [0.15, 0.2) is 18.2 Å². The molecule has 2 aliphatic carbocycles. The molecule has 2 aromatic rings. The molecule has 12 nitrogen and oxygen atoms in total.